The maximum Gasteiger partial charge on any atom is 0.258 e. The van der Waals surface area contributed by atoms with Gasteiger partial charge in [-0.05, 0) is 12.1 Å². The largest absolute Gasteiger partial charge is 0.432 e. The van der Waals surface area contributed by atoms with E-state index in [-0.39, 0.29) is 5.82 Å². The summed E-state index contributed by atoms with van der Waals surface area (Å²) in [4.78, 5) is 3.86. The number of hydrogen-bond acceptors (Lipinski definition) is 2. The molecule has 2 aromatic rings. The summed E-state index contributed by atoms with van der Waals surface area (Å²) in [6.07, 6.45) is 0. The minimum atomic E-state index is -0.339. The Labute approximate surface area is 75.6 Å². The van der Waals surface area contributed by atoms with Gasteiger partial charge in [-0.1, -0.05) is 6.07 Å². The molecule has 0 saturated heterocycles. The molecular formula is C7H3FINO. The van der Waals surface area contributed by atoms with Gasteiger partial charge in [0.1, 0.15) is 5.52 Å². The maximum atomic E-state index is 12.9. The molecule has 0 aliphatic rings. The lowest BCUT2D eigenvalue weighted by atomic mass is 10.3. The lowest BCUT2D eigenvalue weighted by Crippen LogP contribution is -1.75. The molecule has 0 radical (unpaired) electrons. The summed E-state index contributed by atoms with van der Waals surface area (Å²) in [5.41, 5.74) is 0.798. The Hall–Kier alpha value is -0.650. The highest BCUT2D eigenvalue weighted by atomic mass is 127. The Kier molecular flexibility index (Phi) is 1.56. The average Bonchev–Trinajstić information content (AvgIpc) is 2.31. The number of aromatic nitrogens is 1. The number of hydrogen-bond donors (Lipinski definition) is 0. The lowest BCUT2D eigenvalue weighted by Gasteiger charge is -1.85. The van der Waals surface area contributed by atoms with Crippen molar-refractivity contribution in [2.75, 3.05) is 0 Å². The maximum absolute atomic E-state index is 12.9. The van der Waals surface area contributed by atoms with Crippen molar-refractivity contribution in [3.05, 3.63) is 27.9 Å². The predicted molar refractivity (Wildman–Crippen MR) is 46.7 cm³/mol. The minimum absolute atomic E-state index is 0.303. The fourth-order valence-electron chi connectivity index (χ4n) is 0.888. The number of halogens is 2. The Morgan fingerprint density at radius 3 is 3.00 bits per heavy atom. The number of rotatable bonds is 0. The molecule has 0 bridgehead atoms. The van der Waals surface area contributed by atoms with Crippen molar-refractivity contribution in [1.29, 1.82) is 0 Å². The topological polar surface area (TPSA) is 26.0 Å². The fraction of sp³-hybridized carbons (Fsp3) is 0. The fourth-order valence-corrected chi connectivity index (χ4v) is 1.37. The first-order valence-electron chi connectivity index (χ1n) is 2.98. The van der Waals surface area contributed by atoms with Gasteiger partial charge in [-0.3, -0.25) is 0 Å². The standard InChI is InChI=1S/C7H3FINO/c8-4-2-1-3-5-6(4)10-7(9)11-5/h1-3H. The molecule has 56 valence electrons. The molecule has 0 aliphatic carbocycles. The van der Waals surface area contributed by atoms with E-state index >= 15 is 0 Å². The zero-order valence-electron chi connectivity index (χ0n) is 5.34. The second kappa shape index (κ2) is 2.44. The van der Waals surface area contributed by atoms with E-state index in [9.17, 15) is 4.39 Å². The first kappa shape index (κ1) is 7.02. The van der Waals surface area contributed by atoms with Gasteiger partial charge in [0.25, 0.3) is 3.90 Å². The van der Waals surface area contributed by atoms with Crippen molar-refractivity contribution in [2.24, 2.45) is 0 Å². The molecule has 0 N–H and O–H groups in total. The smallest absolute Gasteiger partial charge is 0.258 e. The first-order valence-corrected chi connectivity index (χ1v) is 4.06. The summed E-state index contributed by atoms with van der Waals surface area (Å²) in [7, 11) is 0. The Bertz CT molecular complexity index is 398. The third-order valence-corrected chi connectivity index (χ3v) is 1.81. The first-order chi connectivity index (χ1) is 5.27. The summed E-state index contributed by atoms with van der Waals surface area (Å²) in [5, 5.41) is 0. The zero-order chi connectivity index (χ0) is 7.84. The van der Waals surface area contributed by atoms with Crippen LogP contribution in [0.3, 0.4) is 0 Å². The predicted octanol–water partition coefficient (Wildman–Crippen LogP) is 2.57. The van der Waals surface area contributed by atoms with Gasteiger partial charge in [0, 0.05) is 22.6 Å². The molecule has 0 fully saturated rings. The van der Waals surface area contributed by atoms with Crippen LogP contribution < -0.4 is 0 Å². The van der Waals surface area contributed by atoms with Crippen LogP contribution in [0.25, 0.3) is 11.1 Å². The SMILES string of the molecule is Fc1cccc2oc(I)nc12. The molecule has 0 amide bonds. The monoisotopic (exact) mass is 263 g/mol. The van der Waals surface area contributed by atoms with Crippen LogP contribution in [-0.4, -0.2) is 4.98 Å². The van der Waals surface area contributed by atoms with Gasteiger partial charge < -0.3 is 4.42 Å². The van der Waals surface area contributed by atoms with E-state index in [1.165, 1.54) is 6.07 Å². The molecule has 0 spiro atoms. The number of oxazole rings is 1. The van der Waals surface area contributed by atoms with Crippen LogP contribution in [-0.2, 0) is 0 Å². The normalized spacial score (nSPS) is 10.7. The van der Waals surface area contributed by atoms with E-state index < -0.39 is 0 Å². The van der Waals surface area contributed by atoms with E-state index in [0.29, 0.717) is 15.0 Å². The minimum Gasteiger partial charge on any atom is -0.432 e. The van der Waals surface area contributed by atoms with Crippen molar-refractivity contribution in [1.82, 2.24) is 4.98 Å². The highest BCUT2D eigenvalue weighted by molar-refractivity contribution is 14.1. The number of benzene rings is 1. The molecule has 2 rings (SSSR count). The van der Waals surface area contributed by atoms with Gasteiger partial charge in [0.05, 0.1) is 0 Å². The lowest BCUT2D eigenvalue weighted by molar-refractivity contribution is 0.566. The van der Waals surface area contributed by atoms with E-state index in [1.54, 1.807) is 12.1 Å². The Balaban J connectivity index is 2.90. The van der Waals surface area contributed by atoms with Crippen molar-refractivity contribution in [2.45, 2.75) is 0 Å². The van der Waals surface area contributed by atoms with Gasteiger partial charge in [0.2, 0.25) is 0 Å². The van der Waals surface area contributed by atoms with Crippen LogP contribution in [0.1, 0.15) is 0 Å². The van der Waals surface area contributed by atoms with Crippen molar-refractivity contribution in [3.63, 3.8) is 0 Å². The number of fused-ring (bicyclic) bond motifs is 1. The van der Waals surface area contributed by atoms with Crippen LogP contribution in [0, 0.1) is 9.71 Å². The van der Waals surface area contributed by atoms with Gasteiger partial charge in [-0.2, -0.15) is 0 Å². The summed E-state index contributed by atoms with van der Waals surface area (Å²) < 4.78 is 18.4. The van der Waals surface area contributed by atoms with Gasteiger partial charge in [0.15, 0.2) is 11.4 Å². The van der Waals surface area contributed by atoms with Crippen molar-refractivity contribution >= 4 is 33.7 Å². The molecular weight excluding hydrogens is 260 g/mol. The number of para-hydroxylation sites is 1. The van der Waals surface area contributed by atoms with Crippen LogP contribution in [0.4, 0.5) is 4.39 Å². The zero-order valence-corrected chi connectivity index (χ0v) is 7.50. The molecule has 4 heteroatoms. The van der Waals surface area contributed by atoms with Gasteiger partial charge >= 0.3 is 0 Å². The summed E-state index contributed by atoms with van der Waals surface area (Å²) in [5.74, 6) is -0.339. The van der Waals surface area contributed by atoms with Crippen molar-refractivity contribution < 1.29 is 8.81 Å². The second-order valence-electron chi connectivity index (χ2n) is 2.05. The van der Waals surface area contributed by atoms with E-state index in [4.69, 9.17) is 4.42 Å². The Morgan fingerprint density at radius 2 is 2.27 bits per heavy atom. The third kappa shape index (κ3) is 1.11. The van der Waals surface area contributed by atoms with Gasteiger partial charge in [-0.15, -0.1) is 0 Å². The molecule has 1 aromatic heterocycles. The van der Waals surface area contributed by atoms with E-state index in [1.807, 2.05) is 22.6 Å². The molecule has 11 heavy (non-hydrogen) atoms. The van der Waals surface area contributed by atoms with Crippen LogP contribution in [0.5, 0.6) is 0 Å². The molecule has 0 aliphatic heterocycles. The molecule has 0 unspecified atom stereocenters. The summed E-state index contributed by atoms with van der Waals surface area (Å²) in [6, 6.07) is 4.65. The van der Waals surface area contributed by atoms with Crippen molar-refractivity contribution in [3.8, 4) is 0 Å². The summed E-state index contributed by atoms with van der Waals surface area (Å²) >= 11 is 1.91. The van der Waals surface area contributed by atoms with E-state index in [0.717, 1.165) is 0 Å². The van der Waals surface area contributed by atoms with Crippen LogP contribution >= 0.6 is 22.6 Å². The molecule has 2 nitrogen and oxygen atoms in total. The highest BCUT2D eigenvalue weighted by Gasteiger charge is 2.05. The third-order valence-electron chi connectivity index (χ3n) is 1.34. The Morgan fingerprint density at radius 1 is 1.45 bits per heavy atom. The molecule has 1 heterocycles. The quantitative estimate of drug-likeness (QED) is 0.683. The summed E-state index contributed by atoms with van der Waals surface area (Å²) in [6.45, 7) is 0. The molecule has 1 aromatic carbocycles. The van der Waals surface area contributed by atoms with Crippen LogP contribution in [0.2, 0.25) is 0 Å². The number of nitrogens with zero attached hydrogens (tertiary/aromatic N) is 1. The highest BCUT2D eigenvalue weighted by Crippen LogP contribution is 2.18. The average molecular weight is 263 g/mol. The second-order valence-corrected chi connectivity index (χ2v) is 2.98. The molecule has 0 saturated carbocycles. The van der Waals surface area contributed by atoms with Crippen LogP contribution in [0.15, 0.2) is 22.6 Å². The molecule has 0 atom stereocenters. The van der Waals surface area contributed by atoms with Gasteiger partial charge in [-0.25, -0.2) is 9.37 Å². The van der Waals surface area contributed by atoms with E-state index in [2.05, 4.69) is 4.98 Å².